The lowest BCUT2D eigenvalue weighted by Crippen LogP contribution is -2.18. The predicted molar refractivity (Wildman–Crippen MR) is 60.3 cm³/mol. The second kappa shape index (κ2) is 5.16. The van der Waals surface area contributed by atoms with Crippen LogP contribution in [-0.2, 0) is 0 Å². The molecular formula is C13H20O. The molecular weight excluding hydrogens is 172 g/mol. The smallest absolute Gasteiger partial charge is 0.0462 e. The van der Waals surface area contributed by atoms with E-state index in [9.17, 15) is 5.11 Å². The maximum atomic E-state index is 9.22. The first-order chi connectivity index (χ1) is 6.66. The van der Waals surface area contributed by atoms with Gasteiger partial charge in [0.15, 0.2) is 0 Å². The molecule has 0 spiro atoms. The summed E-state index contributed by atoms with van der Waals surface area (Å²) in [5.74, 6) is 1.36. The van der Waals surface area contributed by atoms with Crippen LogP contribution in [0.5, 0.6) is 0 Å². The zero-order valence-corrected chi connectivity index (χ0v) is 9.27. The Bertz CT molecular complexity index is 253. The molecule has 0 heterocycles. The normalized spacial score (nSPS) is 15.5. The van der Waals surface area contributed by atoms with Gasteiger partial charge in [0.1, 0.15) is 0 Å². The Labute approximate surface area is 86.8 Å². The highest BCUT2D eigenvalue weighted by molar-refractivity contribution is 5.20. The molecule has 0 aliphatic heterocycles. The molecule has 1 N–H and O–H groups in total. The first-order valence-electron chi connectivity index (χ1n) is 5.32. The molecule has 1 nitrogen and oxygen atoms in total. The van der Waals surface area contributed by atoms with E-state index >= 15 is 0 Å². The predicted octanol–water partition coefficient (Wildman–Crippen LogP) is 3.05. The number of hydrogen-bond donors (Lipinski definition) is 1. The Balaban J connectivity index is 2.89. The molecule has 0 amide bonds. The van der Waals surface area contributed by atoms with Crippen molar-refractivity contribution in [2.45, 2.75) is 26.7 Å². The minimum Gasteiger partial charge on any atom is -0.396 e. The molecule has 2 unspecified atom stereocenters. The van der Waals surface area contributed by atoms with Crippen molar-refractivity contribution < 1.29 is 5.11 Å². The Morgan fingerprint density at radius 2 is 1.64 bits per heavy atom. The molecule has 0 aliphatic carbocycles. The van der Waals surface area contributed by atoms with E-state index in [1.807, 2.05) is 6.07 Å². The highest BCUT2D eigenvalue weighted by atomic mass is 16.3. The van der Waals surface area contributed by atoms with Crippen LogP contribution in [0.15, 0.2) is 30.3 Å². The lowest BCUT2D eigenvalue weighted by Gasteiger charge is -2.26. The van der Waals surface area contributed by atoms with Gasteiger partial charge in [-0.25, -0.2) is 0 Å². The molecule has 78 valence electrons. The Hall–Kier alpha value is -0.820. The summed E-state index contributed by atoms with van der Waals surface area (Å²) in [5, 5.41) is 9.22. The van der Waals surface area contributed by atoms with Crippen LogP contribution in [0.25, 0.3) is 0 Å². The van der Waals surface area contributed by atoms with Gasteiger partial charge in [-0.05, 0) is 23.3 Å². The summed E-state index contributed by atoms with van der Waals surface area (Å²) in [6.45, 7) is 6.79. The second-order valence-electron chi connectivity index (χ2n) is 4.34. The van der Waals surface area contributed by atoms with Crippen molar-refractivity contribution >= 4 is 0 Å². The van der Waals surface area contributed by atoms with Crippen molar-refractivity contribution in [2.75, 3.05) is 6.61 Å². The highest BCUT2D eigenvalue weighted by Crippen LogP contribution is 2.31. The van der Waals surface area contributed by atoms with Crippen molar-refractivity contribution in [3.8, 4) is 0 Å². The minimum atomic E-state index is 0.262. The molecule has 2 atom stereocenters. The fourth-order valence-corrected chi connectivity index (χ4v) is 2.16. The van der Waals surface area contributed by atoms with E-state index in [0.717, 1.165) is 0 Å². The van der Waals surface area contributed by atoms with Crippen LogP contribution in [0.2, 0.25) is 0 Å². The molecule has 0 saturated heterocycles. The highest BCUT2D eigenvalue weighted by Gasteiger charge is 2.21. The number of hydrogen-bond acceptors (Lipinski definition) is 1. The topological polar surface area (TPSA) is 20.2 Å². The monoisotopic (exact) mass is 192 g/mol. The number of aliphatic hydroxyl groups excluding tert-OH is 1. The van der Waals surface area contributed by atoms with Gasteiger partial charge in [0.25, 0.3) is 0 Å². The fourth-order valence-electron chi connectivity index (χ4n) is 2.16. The zero-order chi connectivity index (χ0) is 10.6. The number of benzene rings is 1. The van der Waals surface area contributed by atoms with Crippen LogP contribution in [0, 0.1) is 11.8 Å². The Kier molecular flexibility index (Phi) is 4.15. The summed E-state index contributed by atoms with van der Waals surface area (Å²) >= 11 is 0. The average Bonchev–Trinajstić information content (AvgIpc) is 2.19. The van der Waals surface area contributed by atoms with Crippen LogP contribution in [-0.4, -0.2) is 11.7 Å². The van der Waals surface area contributed by atoms with Gasteiger partial charge in [-0.1, -0.05) is 51.1 Å². The van der Waals surface area contributed by atoms with Gasteiger partial charge < -0.3 is 5.11 Å². The third-order valence-electron chi connectivity index (χ3n) is 2.80. The van der Waals surface area contributed by atoms with E-state index in [-0.39, 0.29) is 6.61 Å². The molecule has 0 aliphatic rings. The first kappa shape index (κ1) is 11.3. The van der Waals surface area contributed by atoms with Gasteiger partial charge in [-0.2, -0.15) is 0 Å². The number of rotatable bonds is 4. The molecule has 0 saturated carbocycles. The van der Waals surface area contributed by atoms with E-state index in [1.165, 1.54) is 5.56 Å². The lowest BCUT2D eigenvalue weighted by atomic mass is 9.79. The molecule has 1 heteroatoms. The molecule has 1 rings (SSSR count). The average molecular weight is 192 g/mol. The van der Waals surface area contributed by atoms with Gasteiger partial charge in [0.05, 0.1) is 0 Å². The summed E-state index contributed by atoms with van der Waals surface area (Å²) in [4.78, 5) is 0. The van der Waals surface area contributed by atoms with Crippen molar-refractivity contribution in [3.63, 3.8) is 0 Å². The Morgan fingerprint density at radius 1 is 1.07 bits per heavy atom. The van der Waals surface area contributed by atoms with Gasteiger partial charge in [-0.3, -0.25) is 0 Å². The van der Waals surface area contributed by atoms with Crippen molar-refractivity contribution in [1.82, 2.24) is 0 Å². The van der Waals surface area contributed by atoms with Crippen molar-refractivity contribution in [2.24, 2.45) is 11.8 Å². The van der Waals surface area contributed by atoms with E-state index in [0.29, 0.717) is 17.8 Å². The van der Waals surface area contributed by atoms with E-state index in [2.05, 4.69) is 45.0 Å². The molecule has 1 aromatic rings. The largest absolute Gasteiger partial charge is 0.396 e. The molecule has 14 heavy (non-hydrogen) atoms. The van der Waals surface area contributed by atoms with Crippen LogP contribution >= 0.6 is 0 Å². The van der Waals surface area contributed by atoms with Crippen molar-refractivity contribution in [1.29, 1.82) is 0 Å². The van der Waals surface area contributed by atoms with Gasteiger partial charge in [0.2, 0.25) is 0 Å². The van der Waals surface area contributed by atoms with E-state index in [4.69, 9.17) is 0 Å². The van der Waals surface area contributed by atoms with Crippen LogP contribution < -0.4 is 0 Å². The quantitative estimate of drug-likeness (QED) is 0.777. The molecule has 0 fully saturated rings. The molecule has 0 bridgehead atoms. The fraction of sp³-hybridized carbons (Fsp3) is 0.538. The van der Waals surface area contributed by atoms with E-state index in [1.54, 1.807) is 0 Å². The Morgan fingerprint density at radius 3 is 2.07 bits per heavy atom. The van der Waals surface area contributed by atoms with Crippen LogP contribution in [0.4, 0.5) is 0 Å². The third kappa shape index (κ3) is 2.58. The summed E-state index contributed by atoms with van der Waals surface area (Å²) < 4.78 is 0. The SMILES string of the molecule is CC(C)C(c1ccccc1)C(C)CO. The summed E-state index contributed by atoms with van der Waals surface area (Å²) in [5.41, 5.74) is 1.34. The van der Waals surface area contributed by atoms with Crippen LogP contribution in [0.3, 0.4) is 0 Å². The number of aliphatic hydroxyl groups is 1. The molecule has 0 aromatic heterocycles. The van der Waals surface area contributed by atoms with Gasteiger partial charge >= 0.3 is 0 Å². The standard InChI is InChI=1S/C13H20O/c1-10(2)13(11(3)9-14)12-7-5-4-6-8-12/h4-8,10-11,13-14H,9H2,1-3H3. The maximum absolute atomic E-state index is 9.22. The molecule has 1 aromatic carbocycles. The summed E-state index contributed by atoms with van der Waals surface area (Å²) in [6.07, 6.45) is 0. The van der Waals surface area contributed by atoms with Gasteiger partial charge in [-0.15, -0.1) is 0 Å². The third-order valence-corrected chi connectivity index (χ3v) is 2.80. The summed E-state index contributed by atoms with van der Waals surface area (Å²) in [6, 6.07) is 10.5. The molecule has 0 radical (unpaired) electrons. The second-order valence-corrected chi connectivity index (χ2v) is 4.34. The van der Waals surface area contributed by atoms with E-state index < -0.39 is 0 Å². The van der Waals surface area contributed by atoms with Crippen molar-refractivity contribution in [3.05, 3.63) is 35.9 Å². The minimum absolute atomic E-state index is 0.262. The zero-order valence-electron chi connectivity index (χ0n) is 9.27. The lowest BCUT2D eigenvalue weighted by molar-refractivity contribution is 0.197. The van der Waals surface area contributed by atoms with Crippen LogP contribution in [0.1, 0.15) is 32.3 Å². The maximum Gasteiger partial charge on any atom is 0.0462 e. The van der Waals surface area contributed by atoms with Gasteiger partial charge in [0, 0.05) is 6.61 Å². The summed E-state index contributed by atoms with van der Waals surface area (Å²) in [7, 11) is 0. The first-order valence-corrected chi connectivity index (χ1v) is 5.32.